The Morgan fingerprint density at radius 2 is 0.945 bits per heavy atom. The first-order chi connectivity index (χ1) is 27.1. The van der Waals surface area contributed by atoms with Crippen molar-refractivity contribution in [2.45, 2.75) is 25.2 Å². The molecular weight excluding hydrogens is 665 g/mol. The van der Waals surface area contributed by atoms with Gasteiger partial charge >= 0.3 is 0 Å². The van der Waals surface area contributed by atoms with Crippen molar-refractivity contribution in [2.24, 2.45) is 0 Å². The maximum absolute atomic E-state index is 9.76. The molecule has 0 N–H and O–H groups in total. The van der Waals surface area contributed by atoms with Crippen LogP contribution >= 0.6 is 0 Å². The second-order valence-corrected chi connectivity index (χ2v) is 15.3. The van der Waals surface area contributed by atoms with E-state index >= 15 is 0 Å². The smallest absolute Gasteiger partial charge is 0.0991 e. The highest BCUT2D eigenvalue weighted by molar-refractivity contribution is 6.22. The number of nitriles is 1. The van der Waals surface area contributed by atoms with Crippen molar-refractivity contribution in [2.75, 3.05) is 4.90 Å². The van der Waals surface area contributed by atoms with E-state index in [4.69, 9.17) is 0 Å². The fourth-order valence-corrected chi connectivity index (χ4v) is 9.97. The second-order valence-electron chi connectivity index (χ2n) is 15.3. The first-order valence-corrected chi connectivity index (χ1v) is 19.2. The van der Waals surface area contributed by atoms with Crippen LogP contribution in [0.15, 0.2) is 176 Å². The van der Waals surface area contributed by atoms with E-state index in [2.05, 4.69) is 189 Å². The highest BCUT2D eigenvalue weighted by atomic mass is 15.1. The third kappa shape index (κ3) is 4.24. The summed E-state index contributed by atoms with van der Waals surface area (Å²) < 4.78 is 0. The number of rotatable bonds is 4. The molecule has 0 unspecified atom stereocenters. The lowest BCUT2D eigenvalue weighted by atomic mass is 9.68. The maximum atomic E-state index is 9.76. The van der Waals surface area contributed by atoms with E-state index in [0.29, 0.717) is 11.5 Å². The first-order valence-electron chi connectivity index (χ1n) is 19.2. The predicted molar refractivity (Wildman–Crippen MR) is 229 cm³/mol. The number of hydrogen-bond acceptors (Lipinski definition) is 2. The molecule has 0 aliphatic heterocycles. The molecule has 0 radical (unpaired) electrons. The average Bonchev–Trinajstić information content (AvgIpc) is 3.72. The number of benzene rings is 9. The summed E-state index contributed by atoms with van der Waals surface area (Å²) in [5, 5.41) is 17.3. The van der Waals surface area contributed by atoms with Gasteiger partial charge in [-0.15, -0.1) is 0 Å². The van der Waals surface area contributed by atoms with E-state index in [1.165, 1.54) is 82.4 Å². The van der Waals surface area contributed by atoms with Gasteiger partial charge in [-0.3, -0.25) is 0 Å². The van der Waals surface area contributed by atoms with Gasteiger partial charge in [0.15, 0.2) is 0 Å². The molecule has 11 rings (SSSR count). The Hall–Kier alpha value is -6.95. The molecule has 0 saturated carbocycles. The van der Waals surface area contributed by atoms with Crippen LogP contribution in [0.1, 0.15) is 53.1 Å². The quantitative estimate of drug-likeness (QED) is 0.171. The second kappa shape index (κ2) is 11.8. The Labute approximate surface area is 321 Å². The van der Waals surface area contributed by atoms with Gasteiger partial charge in [0.05, 0.1) is 22.7 Å². The zero-order valence-electron chi connectivity index (χ0n) is 30.7. The monoisotopic (exact) mass is 700 g/mol. The van der Waals surface area contributed by atoms with Crippen LogP contribution in [-0.4, -0.2) is 0 Å². The van der Waals surface area contributed by atoms with Gasteiger partial charge in [0.2, 0.25) is 0 Å². The first kappa shape index (κ1) is 31.6. The van der Waals surface area contributed by atoms with E-state index < -0.39 is 5.41 Å². The molecule has 9 aromatic rings. The van der Waals surface area contributed by atoms with Crippen LogP contribution < -0.4 is 4.90 Å². The van der Waals surface area contributed by atoms with Crippen LogP contribution in [0.5, 0.6) is 0 Å². The number of fused-ring (bicyclic) bond motifs is 17. The molecule has 9 aromatic carbocycles. The van der Waals surface area contributed by atoms with Crippen molar-refractivity contribution >= 4 is 49.4 Å². The van der Waals surface area contributed by atoms with E-state index in [-0.39, 0.29) is 0 Å². The highest BCUT2D eigenvalue weighted by Gasteiger charge is 2.54. The van der Waals surface area contributed by atoms with Gasteiger partial charge in [-0.05, 0) is 125 Å². The van der Waals surface area contributed by atoms with E-state index in [1.54, 1.807) is 0 Å². The van der Waals surface area contributed by atoms with Crippen molar-refractivity contribution in [1.29, 1.82) is 5.26 Å². The SMILES string of the molecule is CC(C)c1ccc(N(c2ccc(C#N)cc2)c2cc3c(c4ccccc24)C2(c4ccccc4-c4ccccc42)c2c-3c3ccccc3c3ccccc23)cc1. The van der Waals surface area contributed by atoms with Crippen molar-refractivity contribution in [3.05, 3.63) is 209 Å². The molecular formula is C53H36N2. The fraction of sp³-hybridized carbons (Fsp3) is 0.0755. The number of hydrogen-bond donors (Lipinski definition) is 0. The Bertz CT molecular complexity index is 3030. The van der Waals surface area contributed by atoms with E-state index in [9.17, 15) is 5.26 Å². The lowest BCUT2D eigenvalue weighted by Crippen LogP contribution is -2.26. The minimum absolute atomic E-state index is 0.422. The van der Waals surface area contributed by atoms with Crippen molar-refractivity contribution < 1.29 is 0 Å². The summed E-state index contributed by atoms with van der Waals surface area (Å²) in [6, 6.07) is 67.1. The minimum Gasteiger partial charge on any atom is -0.310 e. The zero-order valence-corrected chi connectivity index (χ0v) is 30.7. The molecule has 0 aromatic heterocycles. The van der Waals surface area contributed by atoms with Crippen LogP contribution in [0.2, 0.25) is 0 Å². The summed E-state index contributed by atoms with van der Waals surface area (Å²) in [6.07, 6.45) is 0. The summed E-state index contributed by atoms with van der Waals surface area (Å²) in [5.74, 6) is 0.422. The third-order valence-corrected chi connectivity index (χ3v) is 12.2. The molecule has 258 valence electrons. The predicted octanol–water partition coefficient (Wildman–Crippen LogP) is 14.0. The number of anilines is 3. The summed E-state index contributed by atoms with van der Waals surface area (Å²) >= 11 is 0. The third-order valence-electron chi connectivity index (χ3n) is 12.2. The van der Waals surface area contributed by atoms with Crippen LogP contribution in [0.25, 0.3) is 54.6 Å². The molecule has 2 heteroatoms. The van der Waals surface area contributed by atoms with Crippen LogP contribution in [0, 0.1) is 11.3 Å². The van der Waals surface area contributed by atoms with Crippen LogP contribution in [0.4, 0.5) is 17.1 Å². The van der Waals surface area contributed by atoms with Crippen LogP contribution in [0.3, 0.4) is 0 Å². The van der Waals surface area contributed by atoms with E-state index in [0.717, 1.165) is 17.1 Å². The normalized spacial score (nSPS) is 13.2. The van der Waals surface area contributed by atoms with Crippen LogP contribution in [-0.2, 0) is 5.41 Å². The molecule has 2 aliphatic rings. The molecule has 0 fully saturated rings. The molecule has 2 aliphatic carbocycles. The Morgan fingerprint density at radius 1 is 0.473 bits per heavy atom. The van der Waals surface area contributed by atoms with Gasteiger partial charge < -0.3 is 4.90 Å². The van der Waals surface area contributed by atoms with Gasteiger partial charge in [0, 0.05) is 16.8 Å². The summed E-state index contributed by atoms with van der Waals surface area (Å²) in [7, 11) is 0. The number of nitrogens with zero attached hydrogens (tertiary/aromatic N) is 2. The maximum Gasteiger partial charge on any atom is 0.0991 e. The average molecular weight is 701 g/mol. The molecule has 1 spiro atoms. The summed E-state index contributed by atoms with van der Waals surface area (Å²) in [4.78, 5) is 2.39. The largest absolute Gasteiger partial charge is 0.310 e. The lowest BCUT2D eigenvalue weighted by molar-refractivity contribution is 0.809. The fourth-order valence-electron chi connectivity index (χ4n) is 9.97. The zero-order chi connectivity index (χ0) is 36.8. The summed E-state index contributed by atoms with van der Waals surface area (Å²) in [5.41, 5.74) is 15.1. The Kier molecular flexibility index (Phi) is 6.76. The molecule has 0 bridgehead atoms. The molecule has 55 heavy (non-hydrogen) atoms. The molecule has 0 atom stereocenters. The van der Waals surface area contributed by atoms with Gasteiger partial charge in [-0.1, -0.05) is 147 Å². The van der Waals surface area contributed by atoms with Crippen molar-refractivity contribution in [1.82, 2.24) is 0 Å². The van der Waals surface area contributed by atoms with Gasteiger partial charge in [-0.2, -0.15) is 5.26 Å². The van der Waals surface area contributed by atoms with Gasteiger partial charge in [0.25, 0.3) is 0 Å². The van der Waals surface area contributed by atoms with Gasteiger partial charge in [0.1, 0.15) is 0 Å². The lowest BCUT2D eigenvalue weighted by Gasteiger charge is -2.33. The van der Waals surface area contributed by atoms with Crippen molar-refractivity contribution in [3.63, 3.8) is 0 Å². The van der Waals surface area contributed by atoms with Gasteiger partial charge in [-0.25, -0.2) is 0 Å². The molecule has 0 heterocycles. The topological polar surface area (TPSA) is 27.0 Å². The highest BCUT2D eigenvalue weighted by Crippen LogP contribution is 2.67. The Morgan fingerprint density at radius 3 is 1.53 bits per heavy atom. The summed E-state index contributed by atoms with van der Waals surface area (Å²) in [6.45, 7) is 4.48. The van der Waals surface area contributed by atoms with E-state index in [1.807, 2.05) is 12.1 Å². The molecule has 0 amide bonds. The minimum atomic E-state index is -0.544. The standard InChI is InChI=1S/C53H36N2/c1-33(2)35-25-29-37(30-26-35)55(36-27-23-34(32-54)24-28-36)49-31-46-50-43-18-6-3-13-38(43)39-14-4-7-19-44(39)52(50)53(51(46)45-20-8-5-17-42(45)49)47-21-11-9-15-40(47)41-16-10-12-22-48(41)53/h3-31,33H,1-2H3. The van der Waals surface area contributed by atoms with Crippen molar-refractivity contribution in [3.8, 4) is 28.3 Å². The Balaban J connectivity index is 1.35. The molecule has 2 nitrogen and oxygen atoms in total. The molecule has 0 saturated heterocycles.